The van der Waals surface area contributed by atoms with E-state index in [0.29, 0.717) is 6.04 Å². The van der Waals surface area contributed by atoms with E-state index in [1.54, 1.807) is 12.4 Å². The van der Waals surface area contributed by atoms with Gasteiger partial charge in [0.2, 0.25) is 5.91 Å². The third-order valence-electron chi connectivity index (χ3n) is 6.62. The van der Waals surface area contributed by atoms with Gasteiger partial charge in [-0.1, -0.05) is 18.2 Å². The van der Waals surface area contributed by atoms with Crippen LogP contribution in [0.5, 0.6) is 0 Å². The molecular weight excluding hydrogens is 404 g/mol. The summed E-state index contributed by atoms with van der Waals surface area (Å²) in [5.41, 5.74) is 2.84. The molecule has 0 radical (unpaired) electrons. The van der Waals surface area contributed by atoms with Crippen LogP contribution < -0.4 is 10.6 Å². The van der Waals surface area contributed by atoms with E-state index in [2.05, 4.69) is 37.9 Å². The molecule has 0 aliphatic carbocycles. The highest BCUT2D eigenvalue weighted by Crippen LogP contribution is 2.29. The molecule has 32 heavy (non-hydrogen) atoms. The summed E-state index contributed by atoms with van der Waals surface area (Å²) in [6.07, 6.45) is 6.49. The fraction of sp³-hybridized carbons (Fsp3) is 0.417. The zero-order chi connectivity index (χ0) is 22.1. The Balaban J connectivity index is 1.15. The number of carbonyl (C=O) groups is 1. The van der Waals surface area contributed by atoms with Crippen molar-refractivity contribution in [3.05, 3.63) is 71.6 Å². The first kappa shape index (κ1) is 20.8. The van der Waals surface area contributed by atoms with Crippen LogP contribution in [0.2, 0.25) is 0 Å². The van der Waals surface area contributed by atoms with Crippen molar-refractivity contribution in [2.75, 3.05) is 5.32 Å². The van der Waals surface area contributed by atoms with Gasteiger partial charge in [-0.05, 0) is 56.4 Å². The van der Waals surface area contributed by atoms with Crippen LogP contribution in [0.3, 0.4) is 0 Å². The molecule has 2 aliphatic rings. The van der Waals surface area contributed by atoms with E-state index in [9.17, 15) is 9.90 Å². The van der Waals surface area contributed by atoms with Crippen LogP contribution in [-0.4, -0.2) is 42.8 Å². The third kappa shape index (κ3) is 4.16. The number of hydrogen-bond donors (Lipinski definition) is 3. The van der Waals surface area contributed by atoms with Gasteiger partial charge in [0, 0.05) is 42.3 Å². The topological polar surface area (TPSA) is 105 Å². The number of aliphatic hydroxyl groups is 1. The summed E-state index contributed by atoms with van der Waals surface area (Å²) in [6.45, 7) is 2.70. The van der Waals surface area contributed by atoms with Gasteiger partial charge in [-0.15, -0.1) is 10.2 Å². The maximum atomic E-state index is 12.7. The predicted molar refractivity (Wildman–Crippen MR) is 120 cm³/mol. The van der Waals surface area contributed by atoms with Gasteiger partial charge in [0.15, 0.2) is 0 Å². The number of hydrogen-bond acceptors (Lipinski definition) is 6. The van der Waals surface area contributed by atoms with Gasteiger partial charge in [-0.25, -0.2) is 0 Å². The minimum atomic E-state index is -0.545. The summed E-state index contributed by atoms with van der Waals surface area (Å²) < 4.78 is 2.01. The second-order valence-electron chi connectivity index (χ2n) is 8.77. The van der Waals surface area contributed by atoms with Gasteiger partial charge in [0.25, 0.3) is 0 Å². The van der Waals surface area contributed by atoms with Crippen molar-refractivity contribution in [3.63, 3.8) is 0 Å². The van der Waals surface area contributed by atoms with E-state index in [1.165, 1.54) is 5.56 Å². The maximum absolute atomic E-state index is 12.7. The van der Waals surface area contributed by atoms with Crippen LogP contribution in [0.15, 0.2) is 48.8 Å². The van der Waals surface area contributed by atoms with Gasteiger partial charge in [-0.2, -0.15) is 0 Å². The minimum Gasteiger partial charge on any atom is -0.387 e. The van der Waals surface area contributed by atoms with E-state index in [0.717, 1.165) is 55.1 Å². The Morgan fingerprint density at radius 3 is 2.84 bits per heavy atom. The molecular formula is C24H28N6O2. The highest BCUT2D eigenvalue weighted by atomic mass is 16.3. The molecule has 0 saturated carbocycles. The summed E-state index contributed by atoms with van der Waals surface area (Å²) >= 11 is 0. The fourth-order valence-electron chi connectivity index (χ4n) is 4.85. The van der Waals surface area contributed by atoms with Crippen molar-refractivity contribution >= 4 is 11.6 Å². The Morgan fingerprint density at radius 1 is 1.22 bits per heavy atom. The molecule has 4 heterocycles. The third-order valence-corrected chi connectivity index (χ3v) is 6.62. The molecule has 1 amide bonds. The average molecular weight is 433 g/mol. The van der Waals surface area contributed by atoms with Crippen molar-refractivity contribution in [1.82, 2.24) is 25.1 Å². The Kier molecular flexibility index (Phi) is 5.71. The molecule has 8 heteroatoms. The maximum Gasteiger partial charge on any atom is 0.235 e. The zero-order valence-electron chi connectivity index (χ0n) is 18.1. The van der Waals surface area contributed by atoms with Crippen LogP contribution in [0.25, 0.3) is 0 Å². The summed E-state index contributed by atoms with van der Waals surface area (Å²) in [5, 5.41) is 25.5. The van der Waals surface area contributed by atoms with Gasteiger partial charge in [0.05, 0.1) is 6.10 Å². The summed E-state index contributed by atoms with van der Waals surface area (Å²) in [4.78, 5) is 16.8. The number of nitrogens with zero attached hydrogens (tertiary/aromatic N) is 4. The first-order valence-corrected chi connectivity index (χ1v) is 11.2. The molecule has 0 bridgehead atoms. The average Bonchev–Trinajstić information content (AvgIpc) is 3.54. The first-order valence-electron chi connectivity index (χ1n) is 11.2. The lowest BCUT2D eigenvalue weighted by molar-refractivity contribution is -0.117. The Morgan fingerprint density at radius 2 is 2.06 bits per heavy atom. The molecule has 2 aliphatic heterocycles. The molecule has 0 spiro atoms. The number of rotatable bonds is 6. The Bertz CT molecular complexity index is 1080. The molecule has 4 atom stereocenters. The van der Waals surface area contributed by atoms with Crippen molar-refractivity contribution in [2.24, 2.45) is 0 Å². The molecule has 3 aromatic rings. The van der Waals surface area contributed by atoms with E-state index >= 15 is 0 Å². The molecule has 1 fully saturated rings. The number of fused-ring (bicyclic) bond motifs is 1. The number of amides is 1. The van der Waals surface area contributed by atoms with Gasteiger partial charge in [-0.3, -0.25) is 9.78 Å². The molecule has 3 N–H and O–H groups in total. The normalized spacial score (nSPS) is 23.1. The first-order chi connectivity index (χ1) is 15.6. The molecule has 1 unspecified atom stereocenters. The number of aliphatic hydroxyl groups excluding tert-OH is 1. The van der Waals surface area contributed by atoms with Crippen molar-refractivity contribution in [1.29, 1.82) is 0 Å². The monoisotopic (exact) mass is 432 g/mol. The van der Waals surface area contributed by atoms with Crippen LogP contribution >= 0.6 is 0 Å². The highest BCUT2D eigenvalue weighted by molar-refractivity contribution is 5.95. The molecule has 5 rings (SSSR count). The van der Waals surface area contributed by atoms with E-state index in [-0.39, 0.29) is 17.9 Å². The number of anilines is 1. The van der Waals surface area contributed by atoms with E-state index in [1.807, 2.05) is 35.8 Å². The van der Waals surface area contributed by atoms with Gasteiger partial charge in [0.1, 0.15) is 17.6 Å². The number of aromatic nitrogens is 4. The van der Waals surface area contributed by atoms with Crippen molar-refractivity contribution in [3.8, 4) is 0 Å². The number of pyridine rings is 1. The molecule has 166 valence electrons. The van der Waals surface area contributed by atoms with Crippen LogP contribution in [0.1, 0.15) is 54.1 Å². The van der Waals surface area contributed by atoms with Crippen LogP contribution in [-0.2, 0) is 17.8 Å². The summed E-state index contributed by atoms with van der Waals surface area (Å²) in [7, 11) is 0. The molecule has 1 saturated heterocycles. The fourth-order valence-corrected chi connectivity index (χ4v) is 4.85. The van der Waals surface area contributed by atoms with Crippen LogP contribution in [0, 0.1) is 6.92 Å². The number of nitrogens with one attached hydrogen (secondary N) is 2. The van der Waals surface area contributed by atoms with Crippen LogP contribution in [0.4, 0.5) is 5.69 Å². The second-order valence-corrected chi connectivity index (χ2v) is 8.77. The quantitative estimate of drug-likeness (QED) is 0.553. The van der Waals surface area contributed by atoms with Crippen molar-refractivity contribution < 1.29 is 9.90 Å². The summed E-state index contributed by atoms with van der Waals surface area (Å²) in [6, 6.07) is 12.1. The standard InChI is InChI=1S/C24H28N6O2/c1-15-28-29-23-20(10-12-30(15)23)24(32)27-18-6-4-16(5-7-18)13-19-8-9-21(26-19)22(31)17-3-2-11-25-14-17/h2-7,11,14,19-22,26,31H,8-10,12-13H2,1H3,(H,27,32)/t19-,20?,21+,22+/m0/s1. The smallest absolute Gasteiger partial charge is 0.235 e. The lowest BCUT2D eigenvalue weighted by atomic mass is 10.0. The number of benzene rings is 1. The van der Waals surface area contributed by atoms with Crippen molar-refractivity contribution in [2.45, 2.75) is 63.3 Å². The molecule has 1 aromatic carbocycles. The highest BCUT2D eigenvalue weighted by Gasteiger charge is 2.32. The number of aryl methyl sites for hydroxylation is 1. The largest absolute Gasteiger partial charge is 0.387 e. The zero-order valence-corrected chi connectivity index (χ0v) is 18.1. The van der Waals surface area contributed by atoms with E-state index < -0.39 is 6.10 Å². The van der Waals surface area contributed by atoms with E-state index in [4.69, 9.17) is 0 Å². The molecule has 2 aromatic heterocycles. The van der Waals surface area contributed by atoms with Gasteiger partial charge < -0.3 is 20.3 Å². The Labute approximate surface area is 187 Å². The minimum absolute atomic E-state index is 0.0337. The lowest BCUT2D eigenvalue weighted by Gasteiger charge is -2.20. The number of carbonyl (C=O) groups excluding carboxylic acids is 1. The predicted octanol–water partition coefficient (Wildman–Crippen LogP) is 2.50. The van der Waals surface area contributed by atoms with Gasteiger partial charge >= 0.3 is 0 Å². The lowest BCUT2D eigenvalue weighted by Crippen LogP contribution is -2.35. The summed E-state index contributed by atoms with van der Waals surface area (Å²) in [5.74, 6) is 1.33. The Hall–Kier alpha value is -3.10. The second kappa shape index (κ2) is 8.80. The molecule has 8 nitrogen and oxygen atoms in total. The SMILES string of the molecule is Cc1nnc2n1CCC2C(=O)Nc1ccc(C[C@@H]2CC[C@H]([C@H](O)c3cccnc3)N2)cc1.